The monoisotopic (exact) mass is 442 g/mol. The molecule has 3 heterocycles. The molecule has 0 bridgehead atoms. The minimum absolute atomic E-state index is 0.0584. The summed E-state index contributed by atoms with van der Waals surface area (Å²) in [6, 6.07) is 3.46. The number of anilines is 2. The highest BCUT2D eigenvalue weighted by Crippen LogP contribution is 2.31. The van der Waals surface area contributed by atoms with Gasteiger partial charge in [0.05, 0.1) is 0 Å². The predicted octanol–water partition coefficient (Wildman–Crippen LogP) is 3.31. The van der Waals surface area contributed by atoms with Gasteiger partial charge in [0.15, 0.2) is 5.96 Å². The maximum absolute atomic E-state index is 7.54. The van der Waals surface area contributed by atoms with Crippen molar-refractivity contribution in [2.24, 2.45) is 5.73 Å². The number of guanidine groups is 1. The van der Waals surface area contributed by atoms with Crippen LogP contribution in [-0.4, -0.2) is 65.1 Å². The summed E-state index contributed by atoms with van der Waals surface area (Å²) >= 11 is 0. The zero-order valence-electron chi connectivity index (χ0n) is 19.6. The van der Waals surface area contributed by atoms with E-state index in [0.717, 1.165) is 44.2 Å². The zero-order valence-corrected chi connectivity index (χ0v) is 19.6. The van der Waals surface area contributed by atoms with Gasteiger partial charge in [-0.05, 0) is 57.6 Å². The summed E-state index contributed by atoms with van der Waals surface area (Å²) in [5.41, 5.74) is 5.56. The first-order valence-electron chi connectivity index (χ1n) is 12.9. The fourth-order valence-corrected chi connectivity index (χ4v) is 5.90. The Morgan fingerprint density at radius 3 is 2.50 bits per heavy atom. The first kappa shape index (κ1) is 23.1. The minimum Gasteiger partial charge on any atom is -0.370 e. The lowest BCUT2D eigenvalue weighted by molar-refractivity contribution is 0.0603. The second kappa shape index (κ2) is 11.7. The van der Waals surface area contributed by atoms with Crippen LogP contribution in [-0.2, 0) is 0 Å². The van der Waals surface area contributed by atoms with Crippen LogP contribution in [0.1, 0.15) is 77.0 Å². The first-order chi connectivity index (χ1) is 15.7. The minimum atomic E-state index is 0.0584. The van der Waals surface area contributed by atoms with Crippen LogP contribution in [0, 0.1) is 5.41 Å². The maximum Gasteiger partial charge on any atom is 0.224 e. The molecule has 1 aliphatic carbocycles. The van der Waals surface area contributed by atoms with E-state index in [9.17, 15) is 0 Å². The topological polar surface area (TPSA) is 106 Å². The summed E-state index contributed by atoms with van der Waals surface area (Å²) in [5, 5.41) is 14.3. The van der Waals surface area contributed by atoms with E-state index in [0.29, 0.717) is 18.1 Å². The molecule has 5 N–H and O–H groups in total. The van der Waals surface area contributed by atoms with Gasteiger partial charge in [-0.3, -0.25) is 10.3 Å². The van der Waals surface area contributed by atoms with Crippen LogP contribution in [0.4, 0.5) is 11.8 Å². The average molecular weight is 443 g/mol. The molecule has 2 saturated heterocycles. The second-order valence-corrected chi connectivity index (χ2v) is 9.76. The number of hydrogen-bond acceptors (Lipinski definition) is 6. The number of aromatic nitrogens is 2. The molecule has 2 atom stereocenters. The quantitative estimate of drug-likeness (QED) is 0.379. The Morgan fingerprint density at radius 1 is 1.00 bits per heavy atom. The fraction of sp³-hybridized carbons (Fsp3) is 0.792. The van der Waals surface area contributed by atoms with E-state index >= 15 is 0 Å². The first-order valence-corrected chi connectivity index (χ1v) is 12.9. The van der Waals surface area contributed by atoms with E-state index < -0.39 is 0 Å². The Kier molecular flexibility index (Phi) is 8.42. The number of rotatable bonds is 7. The normalized spacial score (nSPS) is 25.8. The number of nitrogens with one attached hydrogen (secondary N) is 3. The third-order valence-electron chi connectivity index (χ3n) is 7.51. The smallest absolute Gasteiger partial charge is 0.224 e. The summed E-state index contributed by atoms with van der Waals surface area (Å²) in [4.78, 5) is 14.7. The Balaban J connectivity index is 1.46. The van der Waals surface area contributed by atoms with Gasteiger partial charge < -0.3 is 21.3 Å². The molecule has 32 heavy (non-hydrogen) atoms. The van der Waals surface area contributed by atoms with E-state index in [-0.39, 0.29) is 5.96 Å². The SMILES string of the molecule is N=C(N)NCC[C@@H]1[C@@H](Nc2nccc(N3CCCCCC3)n2)CCCN1C1CCCCC1. The Bertz CT molecular complexity index is 712. The molecule has 1 saturated carbocycles. The van der Waals surface area contributed by atoms with Crippen molar-refractivity contribution in [2.45, 2.75) is 95.2 Å². The highest BCUT2D eigenvalue weighted by atomic mass is 15.3. The van der Waals surface area contributed by atoms with E-state index in [1.165, 1.54) is 70.8 Å². The molecule has 4 rings (SSSR count). The van der Waals surface area contributed by atoms with Crippen LogP contribution in [0.25, 0.3) is 0 Å². The molecule has 0 unspecified atom stereocenters. The summed E-state index contributed by atoms with van der Waals surface area (Å²) in [7, 11) is 0. The van der Waals surface area contributed by atoms with E-state index in [4.69, 9.17) is 16.1 Å². The molecule has 1 aromatic heterocycles. The molecule has 0 amide bonds. The fourth-order valence-electron chi connectivity index (χ4n) is 5.90. The number of piperidine rings is 1. The molecule has 0 spiro atoms. The van der Waals surface area contributed by atoms with Crippen molar-refractivity contribution < 1.29 is 0 Å². The van der Waals surface area contributed by atoms with Crippen molar-refractivity contribution in [3.05, 3.63) is 12.3 Å². The molecular formula is C24H42N8. The van der Waals surface area contributed by atoms with E-state index in [1.807, 2.05) is 6.20 Å². The van der Waals surface area contributed by atoms with Crippen LogP contribution in [0.15, 0.2) is 12.3 Å². The molecule has 1 aromatic rings. The molecule has 3 aliphatic rings. The number of likely N-dealkylation sites (tertiary alicyclic amines) is 1. The highest BCUT2D eigenvalue weighted by molar-refractivity contribution is 5.74. The van der Waals surface area contributed by atoms with Gasteiger partial charge in [-0.1, -0.05) is 32.1 Å². The van der Waals surface area contributed by atoms with Crippen molar-refractivity contribution in [3.8, 4) is 0 Å². The molecule has 3 fully saturated rings. The van der Waals surface area contributed by atoms with Gasteiger partial charge in [-0.2, -0.15) is 4.98 Å². The van der Waals surface area contributed by atoms with Gasteiger partial charge in [0.25, 0.3) is 0 Å². The van der Waals surface area contributed by atoms with Crippen LogP contribution in [0.3, 0.4) is 0 Å². The Labute approximate surface area is 193 Å². The Hall–Kier alpha value is -2.09. The lowest BCUT2D eigenvalue weighted by Gasteiger charge is -2.47. The standard InChI is InChI=1S/C24H42N8/c25-23(26)27-14-12-21-20(11-8-18-32(21)19-9-4-3-5-10-19)29-24-28-15-13-22(30-24)31-16-6-1-2-7-17-31/h13,15,19-21H,1-12,14,16-18H2,(H4,25,26,27)(H,28,29,30)/t20-,21+/m0/s1. The summed E-state index contributed by atoms with van der Waals surface area (Å²) in [5.74, 6) is 1.87. The van der Waals surface area contributed by atoms with E-state index in [1.54, 1.807) is 0 Å². The van der Waals surface area contributed by atoms with Gasteiger partial charge in [0, 0.05) is 44.0 Å². The molecule has 8 heteroatoms. The molecule has 8 nitrogen and oxygen atoms in total. The third-order valence-corrected chi connectivity index (χ3v) is 7.51. The third kappa shape index (κ3) is 6.24. The summed E-state index contributed by atoms with van der Waals surface area (Å²) in [6.07, 6.45) is 17.0. The maximum atomic E-state index is 7.54. The predicted molar refractivity (Wildman–Crippen MR) is 131 cm³/mol. The lowest BCUT2D eigenvalue weighted by Crippen LogP contribution is -2.56. The molecule has 0 radical (unpaired) electrons. The number of hydrogen-bond donors (Lipinski definition) is 4. The highest BCUT2D eigenvalue weighted by Gasteiger charge is 2.36. The molecule has 2 aliphatic heterocycles. The van der Waals surface area contributed by atoms with Crippen LogP contribution in [0.2, 0.25) is 0 Å². The largest absolute Gasteiger partial charge is 0.370 e. The summed E-state index contributed by atoms with van der Waals surface area (Å²) < 4.78 is 0. The number of nitrogens with two attached hydrogens (primary N) is 1. The van der Waals surface area contributed by atoms with Crippen molar-refractivity contribution in [3.63, 3.8) is 0 Å². The lowest BCUT2D eigenvalue weighted by atomic mass is 9.87. The van der Waals surface area contributed by atoms with Gasteiger partial charge in [0.1, 0.15) is 5.82 Å². The second-order valence-electron chi connectivity index (χ2n) is 9.76. The average Bonchev–Trinajstić information content (AvgIpc) is 3.10. The van der Waals surface area contributed by atoms with Crippen molar-refractivity contribution >= 4 is 17.7 Å². The van der Waals surface area contributed by atoms with Gasteiger partial charge in [0.2, 0.25) is 5.95 Å². The van der Waals surface area contributed by atoms with Gasteiger partial charge >= 0.3 is 0 Å². The van der Waals surface area contributed by atoms with Crippen molar-refractivity contribution in [2.75, 3.05) is 36.4 Å². The van der Waals surface area contributed by atoms with Gasteiger partial charge in [-0.15, -0.1) is 0 Å². The van der Waals surface area contributed by atoms with Crippen molar-refractivity contribution in [1.82, 2.24) is 20.2 Å². The molecular weight excluding hydrogens is 400 g/mol. The number of nitrogens with zero attached hydrogens (tertiary/aromatic N) is 4. The van der Waals surface area contributed by atoms with Crippen LogP contribution in [0.5, 0.6) is 0 Å². The molecule has 178 valence electrons. The Morgan fingerprint density at radius 2 is 1.75 bits per heavy atom. The summed E-state index contributed by atoms with van der Waals surface area (Å²) in [6.45, 7) is 4.09. The van der Waals surface area contributed by atoms with Gasteiger partial charge in [-0.25, -0.2) is 4.98 Å². The van der Waals surface area contributed by atoms with Crippen molar-refractivity contribution in [1.29, 1.82) is 5.41 Å². The van der Waals surface area contributed by atoms with Crippen LogP contribution < -0.4 is 21.3 Å². The van der Waals surface area contributed by atoms with Crippen LogP contribution >= 0.6 is 0 Å². The molecule has 0 aromatic carbocycles. The van der Waals surface area contributed by atoms with E-state index in [2.05, 4.69) is 31.5 Å². The zero-order chi connectivity index (χ0) is 22.2.